The number of esters is 2. The van der Waals surface area contributed by atoms with E-state index in [1.807, 2.05) is 0 Å². The van der Waals surface area contributed by atoms with Crippen molar-refractivity contribution in [1.29, 1.82) is 0 Å². The summed E-state index contributed by atoms with van der Waals surface area (Å²) in [5, 5.41) is 32.5. The fraction of sp³-hybridized carbons (Fsp3) is 0.552. The summed E-state index contributed by atoms with van der Waals surface area (Å²) >= 11 is 0. The van der Waals surface area contributed by atoms with E-state index in [0.29, 0.717) is 0 Å². The van der Waals surface area contributed by atoms with E-state index in [4.69, 9.17) is 9.47 Å². The van der Waals surface area contributed by atoms with Crippen molar-refractivity contribution >= 4 is 29.7 Å². The summed E-state index contributed by atoms with van der Waals surface area (Å²) < 4.78 is 11.4. The number of benzene rings is 1. The molecule has 0 radical (unpaired) electrons. The molecule has 0 aromatic heterocycles. The van der Waals surface area contributed by atoms with E-state index in [9.17, 15) is 39.3 Å². The van der Waals surface area contributed by atoms with Gasteiger partial charge in [-0.2, -0.15) is 0 Å². The zero-order valence-corrected chi connectivity index (χ0v) is 22.8. The number of allylic oxidation sites excluding steroid dienone is 1. The highest BCUT2D eigenvalue weighted by atomic mass is 16.6. The van der Waals surface area contributed by atoms with Crippen LogP contribution < -0.4 is 0 Å². The number of hydrogen-bond donors (Lipinski definition) is 3. The summed E-state index contributed by atoms with van der Waals surface area (Å²) in [6, 6.07) is 8.00. The lowest BCUT2D eigenvalue weighted by molar-refractivity contribution is -0.257. The lowest BCUT2D eigenvalue weighted by Crippen LogP contribution is -2.75. The van der Waals surface area contributed by atoms with Crippen LogP contribution in [0, 0.1) is 28.1 Å². The van der Waals surface area contributed by atoms with Gasteiger partial charge in [0.2, 0.25) is 0 Å². The third-order valence-electron chi connectivity index (χ3n) is 8.78. The zero-order chi connectivity index (χ0) is 29.6. The van der Waals surface area contributed by atoms with Gasteiger partial charge in [-0.15, -0.1) is 6.58 Å². The molecule has 1 aromatic carbocycles. The molecule has 1 aromatic rings. The van der Waals surface area contributed by atoms with Crippen molar-refractivity contribution in [2.75, 3.05) is 0 Å². The number of rotatable bonds is 8. The van der Waals surface area contributed by atoms with Crippen molar-refractivity contribution in [2.45, 2.75) is 71.7 Å². The van der Waals surface area contributed by atoms with Gasteiger partial charge in [0.1, 0.15) is 12.2 Å². The maximum atomic E-state index is 14.1. The van der Waals surface area contributed by atoms with Gasteiger partial charge in [-0.1, -0.05) is 31.2 Å². The molecule has 0 aliphatic heterocycles. The van der Waals surface area contributed by atoms with Crippen LogP contribution in [0.3, 0.4) is 0 Å². The lowest BCUT2D eigenvalue weighted by atomic mass is 9.42. The Balaban J connectivity index is 2.33. The fourth-order valence-electron chi connectivity index (χ4n) is 6.89. The minimum absolute atomic E-state index is 0.150. The zero-order valence-electron chi connectivity index (χ0n) is 22.8. The molecule has 2 aliphatic rings. The summed E-state index contributed by atoms with van der Waals surface area (Å²) in [6.07, 6.45) is -2.59. The Morgan fingerprint density at radius 2 is 1.69 bits per heavy atom. The summed E-state index contributed by atoms with van der Waals surface area (Å²) in [7, 11) is 0. The monoisotopic (exact) mass is 544 g/mol. The van der Waals surface area contributed by atoms with Crippen molar-refractivity contribution in [3.63, 3.8) is 0 Å². The Kier molecular flexibility index (Phi) is 7.87. The normalized spacial score (nSPS) is 34.4. The highest BCUT2D eigenvalue weighted by molar-refractivity contribution is 5.97. The van der Waals surface area contributed by atoms with E-state index in [-0.39, 0.29) is 18.4 Å². The van der Waals surface area contributed by atoms with Gasteiger partial charge in [0.25, 0.3) is 0 Å². The average molecular weight is 545 g/mol. The number of carbonyl (C=O) groups is 5. The number of ketones is 1. The van der Waals surface area contributed by atoms with E-state index in [0.717, 1.165) is 6.92 Å². The molecule has 10 heteroatoms. The highest BCUT2D eigenvalue weighted by Gasteiger charge is 2.73. The van der Waals surface area contributed by atoms with Gasteiger partial charge < -0.3 is 24.8 Å². The molecule has 2 saturated carbocycles. The van der Waals surface area contributed by atoms with Crippen LogP contribution in [0.25, 0.3) is 0 Å². The largest absolute Gasteiger partial charge is 0.481 e. The van der Waals surface area contributed by atoms with Crippen molar-refractivity contribution in [3.8, 4) is 0 Å². The van der Waals surface area contributed by atoms with Crippen LogP contribution in [0.5, 0.6) is 0 Å². The maximum Gasteiger partial charge on any atom is 0.338 e. The third-order valence-corrected chi connectivity index (χ3v) is 8.78. The Labute approximate surface area is 227 Å². The van der Waals surface area contributed by atoms with Gasteiger partial charge in [0.15, 0.2) is 11.4 Å². The van der Waals surface area contributed by atoms with Crippen LogP contribution in [-0.2, 0) is 28.7 Å². The molecular weight excluding hydrogens is 508 g/mol. The molecule has 7 atom stereocenters. The molecule has 10 nitrogen and oxygen atoms in total. The first-order valence-corrected chi connectivity index (χ1v) is 12.7. The molecular formula is C29H36O10. The van der Waals surface area contributed by atoms with Crippen LogP contribution in [0.4, 0.5) is 0 Å². The van der Waals surface area contributed by atoms with E-state index < -0.39 is 82.0 Å². The number of ether oxygens (including phenoxy) is 2. The van der Waals surface area contributed by atoms with Crippen LogP contribution in [-0.4, -0.2) is 62.8 Å². The van der Waals surface area contributed by atoms with Crippen LogP contribution in [0.2, 0.25) is 0 Å². The number of aliphatic hydroxyl groups is 1. The minimum Gasteiger partial charge on any atom is -0.481 e. The number of carbonyl (C=O) groups excluding carboxylic acids is 3. The predicted octanol–water partition coefficient (Wildman–Crippen LogP) is 3.27. The summed E-state index contributed by atoms with van der Waals surface area (Å²) in [5.41, 5.74) is -6.94. The average Bonchev–Trinajstić information content (AvgIpc) is 2.83. The Bertz CT molecular complexity index is 1190. The standard InChI is InChI=1S/C29H36O10/c1-7-27(5)14-18(39-23(33)17-11-9-8-10-12-17)22-28(6,15-21(31)32)19(26(3,4)25(35)36)13-20(38-16(2)30)29(22,37)24(27)34/h7-12,18-20,22,37H,1,13-15H2,2-6H3,(H,31,32)(H,35,36)/t18-,19+,20-,22-,27+,28+,29+/m1/s1. The molecule has 0 saturated heterocycles. The first-order chi connectivity index (χ1) is 17.9. The summed E-state index contributed by atoms with van der Waals surface area (Å²) in [4.78, 5) is 64.2. The molecule has 39 heavy (non-hydrogen) atoms. The van der Waals surface area contributed by atoms with Gasteiger partial charge in [0.05, 0.1) is 22.8 Å². The first-order valence-electron chi connectivity index (χ1n) is 12.7. The van der Waals surface area contributed by atoms with Crippen molar-refractivity contribution < 1.29 is 48.8 Å². The molecule has 3 rings (SSSR count). The Hall–Kier alpha value is -3.53. The molecule has 2 fully saturated rings. The molecule has 0 amide bonds. The van der Waals surface area contributed by atoms with Crippen molar-refractivity contribution in [1.82, 2.24) is 0 Å². The summed E-state index contributed by atoms with van der Waals surface area (Å²) in [5.74, 6) is -7.36. The minimum atomic E-state index is -2.51. The second-order valence-electron chi connectivity index (χ2n) is 11.8. The van der Waals surface area contributed by atoms with Crippen LogP contribution in [0.1, 0.15) is 64.2 Å². The highest BCUT2D eigenvalue weighted by Crippen LogP contribution is 2.63. The first kappa shape index (κ1) is 30.0. The number of carboxylic acid groups (broad SMARTS) is 2. The second-order valence-corrected chi connectivity index (χ2v) is 11.8. The Morgan fingerprint density at radius 1 is 1.10 bits per heavy atom. The number of carboxylic acids is 2. The number of fused-ring (bicyclic) bond motifs is 1. The fourth-order valence-corrected chi connectivity index (χ4v) is 6.89. The van der Waals surface area contributed by atoms with E-state index >= 15 is 0 Å². The summed E-state index contributed by atoms with van der Waals surface area (Å²) in [6.45, 7) is 10.7. The van der Waals surface area contributed by atoms with E-state index in [1.165, 1.54) is 45.9 Å². The maximum absolute atomic E-state index is 14.1. The number of Topliss-reactive ketones (excluding diaryl/α,β-unsaturated/α-hetero) is 1. The molecule has 0 heterocycles. The molecule has 2 aliphatic carbocycles. The number of hydrogen-bond acceptors (Lipinski definition) is 8. The second kappa shape index (κ2) is 10.2. The van der Waals surface area contributed by atoms with Crippen LogP contribution in [0.15, 0.2) is 43.0 Å². The molecule has 3 N–H and O–H groups in total. The smallest absolute Gasteiger partial charge is 0.338 e. The van der Waals surface area contributed by atoms with Gasteiger partial charge in [-0.3, -0.25) is 19.2 Å². The third kappa shape index (κ3) is 4.97. The molecule has 212 valence electrons. The number of aliphatic carboxylic acids is 2. The topological polar surface area (TPSA) is 164 Å². The SMILES string of the molecule is C=C[C@@]1(C)C[C@@H](OC(=O)c2ccccc2)[C@@H]2[C@@](C)(CC(=O)O)[C@H](C(C)(C)C(=O)O)C[C@@H](OC(C)=O)[C@@]2(O)C1=O. The predicted molar refractivity (Wildman–Crippen MR) is 137 cm³/mol. The van der Waals surface area contributed by atoms with Gasteiger partial charge in [0, 0.05) is 19.3 Å². The molecule has 0 bridgehead atoms. The van der Waals surface area contributed by atoms with Gasteiger partial charge in [-0.25, -0.2) is 4.79 Å². The van der Waals surface area contributed by atoms with E-state index in [2.05, 4.69) is 6.58 Å². The molecule has 0 unspecified atom stereocenters. The van der Waals surface area contributed by atoms with Crippen molar-refractivity contribution in [2.24, 2.45) is 28.1 Å². The van der Waals surface area contributed by atoms with Crippen LogP contribution >= 0.6 is 0 Å². The van der Waals surface area contributed by atoms with Crippen molar-refractivity contribution in [3.05, 3.63) is 48.6 Å². The van der Waals surface area contributed by atoms with Gasteiger partial charge in [-0.05, 0) is 50.7 Å². The Morgan fingerprint density at radius 3 is 2.18 bits per heavy atom. The van der Waals surface area contributed by atoms with E-state index in [1.54, 1.807) is 18.2 Å². The van der Waals surface area contributed by atoms with Gasteiger partial charge >= 0.3 is 23.9 Å². The quantitative estimate of drug-likeness (QED) is 0.327. The lowest BCUT2D eigenvalue weighted by Gasteiger charge is -2.63. The molecule has 0 spiro atoms.